The summed E-state index contributed by atoms with van der Waals surface area (Å²) in [5.74, 6) is 1.47. The van der Waals surface area contributed by atoms with Crippen LogP contribution in [0.2, 0.25) is 0 Å². The van der Waals surface area contributed by atoms with Crippen LogP contribution in [0.5, 0.6) is 0 Å². The van der Waals surface area contributed by atoms with E-state index in [2.05, 4.69) is 34.8 Å². The zero-order valence-corrected chi connectivity index (χ0v) is 14.4. The zero-order valence-electron chi connectivity index (χ0n) is 14.4. The van der Waals surface area contributed by atoms with E-state index in [-0.39, 0.29) is 12.0 Å². The highest BCUT2D eigenvalue weighted by Crippen LogP contribution is 2.18. The number of anilines is 1. The number of carbonyl (C=O) groups is 1. The van der Waals surface area contributed by atoms with Crippen LogP contribution in [0.25, 0.3) is 0 Å². The first kappa shape index (κ1) is 16.7. The number of aromatic nitrogens is 2. The molecule has 1 fully saturated rings. The number of carbonyl (C=O) groups excluding carboxylic acids is 1. The van der Waals surface area contributed by atoms with Crippen LogP contribution in [-0.2, 0) is 16.1 Å². The van der Waals surface area contributed by atoms with E-state index in [1.54, 1.807) is 0 Å². The minimum absolute atomic E-state index is 0.0181. The molecule has 0 spiro atoms. The number of benzene rings is 1. The Balaban J connectivity index is 1.63. The minimum atomic E-state index is 0.0181. The van der Waals surface area contributed by atoms with E-state index in [4.69, 9.17) is 4.74 Å². The quantitative estimate of drug-likeness (QED) is 0.882. The largest absolute Gasteiger partial charge is 0.378 e. The molecule has 24 heavy (non-hydrogen) atoms. The lowest BCUT2D eigenvalue weighted by Crippen LogP contribution is -2.19. The lowest BCUT2D eigenvalue weighted by molar-refractivity contribution is -0.118. The Morgan fingerprint density at radius 1 is 1.46 bits per heavy atom. The number of ether oxygens (including phenoxy) is 1. The molecule has 1 aromatic heterocycles. The number of nitrogens with zero attached hydrogens (tertiary/aromatic N) is 2. The van der Waals surface area contributed by atoms with Crippen molar-refractivity contribution in [1.82, 2.24) is 9.55 Å². The molecule has 1 aliphatic heterocycles. The standard InChI is InChI=1S/C19H25N3O2/c1-14(2)19-20-8-9-22(19)13-15-5-3-6-16(11-15)21-18(23)12-17-7-4-10-24-17/h3,5-6,8-9,11,14,17H,4,7,10,12-13H2,1-2H3,(H,21,23)/t17-/m0/s1. The molecule has 2 aromatic rings. The maximum Gasteiger partial charge on any atom is 0.226 e. The third-order valence-corrected chi connectivity index (χ3v) is 4.26. The maximum atomic E-state index is 12.1. The van der Waals surface area contributed by atoms with E-state index in [0.717, 1.165) is 43.1 Å². The molecule has 0 aliphatic carbocycles. The first-order valence-corrected chi connectivity index (χ1v) is 8.63. The van der Waals surface area contributed by atoms with E-state index in [9.17, 15) is 4.79 Å². The molecule has 5 nitrogen and oxygen atoms in total. The molecule has 0 radical (unpaired) electrons. The van der Waals surface area contributed by atoms with Gasteiger partial charge in [0.25, 0.3) is 0 Å². The molecule has 1 saturated heterocycles. The molecule has 1 aliphatic rings. The maximum absolute atomic E-state index is 12.1. The monoisotopic (exact) mass is 327 g/mol. The lowest BCUT2D eigenvalue weighted by atomic mass is 10.1. The van der Waals surface area contributed by atoms with Gasteiger partial charge in [0.15, 0.2) is 0 Å². The normalized spacial score (nSPS) is 17.4. The fourth-order valence-corrected chi connectivity index (χ4v) is 3.12. The van der Waals surface area contributed by atoms with Gasteiger partial charge in [-0.25, -0.2) is 4.98 Å². The smallest absolute Gasteiger partial charge is 0.226 e. The zero-order chi connectivity index (χ0) is 16.9. The van der Waals surface area contributed by atoms with E-state index in [1.807, 2.05) is 30.6 Å². The number of amides is 1. The molecule has 128 valence electrons. The Bertz CT molecular complexity index is 687. The van der Waals surface area contributed by atoms with E-state index in [1.165, 1.54) is 0 Å². The van der Waals surface area contributed by atoms with Crippen LogP contribution in [0.1, 0.15) is 50.4 Å². The second-order valence-electron chi connectivity index (χ2n) is 6.66. The molecule has 5 heteroatoms. The Labute approximate surface area is 143 Å². The minimum Gasteiger partial charge on any atom is -0.378 e. The van der Waals surface area contributed by atoms with Crippen molar-refractivity contribution < 1.29 is 9.53 Å². The van der Waals surface area contributed by atoms with Crippen LogP contribution >= 0.6 is 0 Å². The van der Waals surface area contributed by atoms with Crippen molar-refractivity contribution in [1.29, 1.82) is 0 Å². The third kappa shape index (κ3) is 4.23. The van der Waals surface area contributed by atoms with Gasteiger partial charge in [0.2, 0.25) is 5.91 Å². The van der Waals surface area contributed by atoms with Crippen LogP contribution < -0.4 is 5.32 Å². The van der Waals surface area contributed by atoms with E-state index < -0.39 is 0 Å². The predicted octanol–water partition coefficient (Wildman–Crippen LogP) is 3.56. The average molecular weight is 327 g/mol. The second kappa shape index (κ2) is 7.62. The number of hydrogen-bond donors (Lipinski definition) is 1. The van der Waals surface area contributed by atoms with Crippen molar-refractivity contribution in [2.45, 2.75) is 51.7 Å². The summed E-state index contributed by atoms with van der Waals surface area (Å²) in [6.45, 7) is 5.81. The summed E-state index contributed by atoms with van der Waals surface area (Å²) >= 11 is 0. The van der Waals surface area contributed by atoms with E-state index >= 15 is 0 Å². The molecule has 2 heterocycles. The molecular formula is C19H25N3O2. The van der Waals surface area contributed by atoms with Crippen molar-refractivity contribution >= 4 is 11.6 Å². The van der Waals surface area contributed by atoms with Crippen LogP contribution in [-0.4, -0.2) is 28.2 Å². The van der Waals surface area contributed by atoms with Gasteiger partial charge in [0, 0.05) is 37.2 Å². The van der Waals surface area contributed by atoms with Crippen LogP contribution in [0, 0.1) is 0 Å². The fourth-order valence-electron chi connectivity index (χ4n) is 3.12. The van der Waals surface area contributed by atoms with Gasteiger partial charge in [-0.05, 0) is 30.5 Å². The van der Waals surface area contributed by atoms with Crippen LogP contribution in [0.4, 0.5) is 5.69 Å². The molecule has 3 rings (SSSR count). The third-order valence-electron chi connectivity index (χ3n) is 4.26. The van der Waals surface area contributed by atoms with Gasteiger partial charge in [-0.3, -0.25) is 4.79 Å². The summed E-state index contributed by atoms with van der Waals surface area (Å²) in [6, 6.07) is 7.99. The topological polar surface area (TPSA) is 56.2 Å². The van der Waals surface area contributed by atoms with Gasteiger partial charge in [-0.1, -0.05) is 26.0 Å². The second-order valence-corrected chi connectivity index (χ2v) is 6.66. The SMILES string of the molecule is CC(C)c1nccn1Cc1cccc(NC(=O)C[C@@H]2CCCO2)c1. The summed E-state index contributed by atoms with van der Waals surface area (Å²) in [7, 11) is 0. The number of nitrogens with one attached hydrogen (secondary N) is 1. The highest BCUT2D eigenvalue weighted by molar-refractivity contribution is 5.91. The van der Waals surface area contributed by atoms with Gasteiger partial charge in [-0.15, -0.1) is 0 Å². The van der Waals surface area contributed by atoms with E-state index in [0.29, 0.717) is 12.3 Å². The first-order chi connectivity index (χ1) is 11.6. The molecule has 1 aromatic carbocycles. The van der Waals surface area contributed by atoms with Gasteiger partial charge >= 0.3 is 0 Å². The number of hydrogen-bond acceptors (Lipinski definition) is 3. The molecule has 0 bridgehead atoms. The fraction of sp³-hybridized carbons (Fsp3) is 0.474. The summed E-state index contributed by atoms with van der Waals surface area (Å²) < 4.78 is 7.67. The molecular weight excluding hydrogens is 302 g/mol. The Morgan fingerprint density at radius 3 is 3.08 bits per heavy atom. The van der Waals surface area contributed by atoms with Crippen molar-refractivity contribution in [2.24, 2.45) is 0 Å². The van der Waals surface area contributed by atoms with Gasteiger partial charge < -0.3 is 14.6 Å². The van der Waals surface area contributed by atoms with Gasteiger partial charge in [0.1, 0.15) is 5.82 Å². The molecule has 1 amide bonds. The molecule has 0 unspecified atom stereocenters. The van der Waals surface area contributed by atoms with Crippen LogP contribution in [0.3, 0.4) is 0 Å². The van der Waals surface area contributed by atoms with Gasteiger partial charge in [-0.2, -0.15) is 0 Å². The average Bonchev–Trinajstić information content (AvgIpc) is 3.19. The molecule has 0 saturated carbocycles. The number of imidazole rings is 1. The van der Waals surface area contributed by atoms with Crippen molar-refractivity contribution in [3.8, 4) is 0 Å². The summed E-state index contributed by atoms with van der Waals surface area (Å²) in [5.41, 5.74) is 1.98. The lowest BCUT2D eigenvalue weighted by Gasteiger charge is -2.13. The molecule has 1 N–H and O–H groups in total. The Kier molecular flexibility index (Phi) is 5.30. The molecule has 1 atom stereocenters. The highest BCUT2D eigenvalue weighted by atomic mass is 16.5. The summed E-state index contributed by atoms with van der Waals surface area (Å²) in [6.07, 6.45) is 6.37. The van der Waals surface area contributed by atoms with Gasteiger partial charge in [0.05, 0.1) is 12.5 Å². The summed E-state index contributed by atoms with van der Waals surface area (Å²) in [5, 5.41) is 2.98. The van der Waals surface area contributed by atoms with Crippen molar-refractivity contribution in [3.63, 3.8) is 0 Å². The van der Waals surface area contributed by atoms with Crippen molar-refractivity contribution in [3.05, 3.63) is 48.0 Å². The van der Waals surface area contributed by atoms with Crippen molar-refractivity contribution in [2.75, 3.05) is 11.9 Å². The Hall–Kier alpha value is -2.14. The Morgan fingerprint density at radius 2 is 2.33 bits per heavy atom. The number of rotatable bonds is 6. The predicted molar refractivity (Wildman–Crippen MR) is 94.1 cm³/mol. The summed E-state index contributed by atoms with van der Waals surface area (Å²) in [4.78, 5) is 16.6. The highest BCUT2D eigenvalue weighted by Gasteiger charge is 2.19. The van der Waals surface area contributed by atoms with Crippen LogP contribution in [0.15, 0.2) is 36.7 Å². The first-order valence-electron chi connectivity index (χ1n) is 8.63.